The van der Waals surface area contributed by atoms with E-state index >= 15 is 0 Å². The van der Waals surface area contributed by atoms with Crippen molar-refractivity contribution in [1.29, 1.82) is 0 Å². The average molecular weight is 211 g/mol. The molecule has 1 heterocycles. The SMILES string of the molecule is CCOC(=O)C12CCCC(CNC1)C2=O. The molecule has 15 heavy (non-hydrogen) atoms. The van der Waals surface area contributed by atoms with E-state index in [1.165, 1.54) is 0 Å². The summed E-state index contributed by atoms with van der Waals surface area (Å²) in [6.07, 6.45) is 2.51. The number of rotatable bonds is 2. The molecule has 2 fully saturated rings. The third kappa shape index (κ3) is 1.57. The van der Waals surface area contributed by atoms with E-state index in [-0.39, 0.29) is 17.7 Å². The van der Waals surface area contributed by atoms with Gasteiger partial charge in [0.1, 0.15) is 5.41 Å². The lowest BCUT2D eigenvalue weighted by molar-refractivity contribution is -0.165. The van der Waals surface area contributed by atoms with Gasteiger partial charge in [0.2, 0.25) is 0 Å². The van der Waals surface area contributed by atoms with E-state index in [1.54, 1.807) is 6.92 Å². The number of carbonyl (C=O) groups excluding carboxylic acids is 2. The van der Waals surface area contributed by atoms with Crippen LogP contribution < -0.4 is 5.32 Å². The van der Waals surface area contributed by atoms with Gasteiger partial charge in [0.25, 0.3) is 0 Å². The first-order chi connectivity index (χ1) is 7.20. The number of hydrogen-bond acceptors (Lipinski definition) is 4. The van der Waals surface area contributed by atoms with Gasteiger partial charge < -0.3 is 10.1 Å². The number of nitrogens with one attached hydrogen (secondary N) is 1. The number of ether oxygens (including phenoxy) is 1. The fourth-order valence-corrected chi connectivity index (χ4v) is 2.67. The first-order valence-electron chi connectivity index (χ1n) is 5.63. The molecule has 0 amide bonds. The molecule has 0 radical (unpaired) electrons. The molecular weight excluding hydrogens is 194 g/mol. The van der Waals surface area contributed by atoms with Gasteiger partial charge in [0, 0.05) is 19.0 Å². The van der Waals surface area contributed by atoms with Gasteiger partial charge in [-0.25, -0.2) is 0 Å². The quantitative estimate of drug-likeness (QED) is 0.534. The molecular formula is C11H17NO3. The van der Waals surface area contributed by atoms with Gasteiger partial charge in [0.05, 0.1) is 6.61 Å². The Balaban J connectivity index is 2.23. The summed E-state index contributed by atoms with van der Waals surface area (Å²) in [6, 6.07) is 0. The number of esters is 1. The second-order valence-electron chi connectivity index (χ2n) is 4.39. The van der Waals surface area contributed by atoms with Gasteiger partial charge >= 0.3 is 5.97 Å². The zero-order valence-corrected chi connectivity index (χ0v) is 9.04. The molecule has 0 aromatic rings. The van der Waals surface area contributed by atoms with Gasteiger partial charge in [-0.2, -0.15) is 0 Å². The summed E-state index contributed by atoms with van der Waals surface area (Å²) < 4.78 is 5.03. The Morgan fingerprint density at radius 2 is 2.47 bits per heavy atom. The van der Waals surface area contributed by atoms with Crippen LogP contribution in [0, 0.1) is 11.3 Å². The number of fused-ring (bicyclic) bond motifs is 2. The van der Waals surface area contributed by atoms with Crippen LogP contribution in [0.4, 0.5) is 0 Å². The molecule has 0 aromatic heterocycles. The van der Waals surface area contributed by atoms with Crippen molar-refractivity contribution >= 4 is 11.8 Å². The Bertz CT molecular complexity index is 278. The molecule has 1 aliphatic carbocycles. The molecule has 1 saturated carbocycles. The van der Waals surface area contributed by atoms with Crippen LogP contribution >= 0.6 is 0 Å². The number of ketones is 1. The second kappa shape index (κ2) is 3.93. The largest absolute Gasteiger partial charge is 0.465 e. The second-order valence-corrected chi connectivity index (χ2v) is 4.39. The normalized spacial score (nSPS) is 35.0. The Kier molecular flexibility index (Phi) is 2.78. The molecule has 4 heteroatoms. The van der Waals surface area contributed by atoms with E-state index in [4.69, 9.17) is 4.74 Å². The van der Waals surface area contributed by atoms with Gasteiger partial charge in [-0.3, -0.25) is 9.59 Å². The third-order valence-electron chi connectivity index (χ3n) is 3.48. The summed E-state index contributed by atoms with van der Waals surface area (Å²) in [4.78, 5) is 24.0. The lowest BCUT2D eigenvalue weighted by Crippen LogP contribution is -2.59. The highest BCUT2D eigenvalue weighted by atomic mass is 16.5. The molecule has 2 rings (SSSR count). The third-order valence-corrected chi connectivity index (χ3v) is 3.48. The van der Waals surface area contributed by atoms with E-state index < -0.39 is 5.41 Å². The zero-order valence-electron chi connectivity index (χ0n) is 9.04. The molecule has 2 atom stereocenters. The van der Waals surface area contributed by atoms with Crippen molar-refractivity contribution < 1.29 is 14.3 Å². The van der Waals surface area contributed by atoms with Crippen molar-refractivity contribution in [3.8, 4) is 0 Å². The Morgan fingerprint density at radius 3 is 3.20 bits per heavy atom. The molecule has 84 valence electrons. The van der Waals surface area contributed by atoms with Crippen molar-refractivity contribution in [3.05, 3.63) is 0 Å². The van der Waals surface area contributed by atoms with E-state index in [0.717, 1.165) is 19.4 Å². The molecule has 2 aliphatic rings. The molecule has 0 spiro atoms. The van der Waals surface area contributed by atoms with Crippen LogP contribution in [0.2, 0.25) is 0 Å². The van der Waals surface area contributed by atoms with Gasteiger partial charge in [0.15, 0.2) is 5.78 Å². The Labute approximate surface area is 89.4 Å². The fraction of sp³-hybridized carbons (Fsp3) is 0.818. The van der Waals surface area contributed by atoms with Crippen LogP contribution in [0.1, 0.15) is 26.2 Å². The maximum absolute atomic E-state index is 12.1. The number of carbonyl (C=O) groups is 2. The van der Waals surface area contributed by atoms with E-state index in [2.05, 4.69) is 5.32 Å². The molecule has 0 aromatic carbocycles. The zero-order chi connectivity index (χ0) is 10.9. The molecule has 1 N–H and O–H groups in total. The standard InChI is InChI=1S/C11H17NO3/c1-2-15-10(14)11-5-3-4-8(9(11)13)6-12-7-11/h8,12H,2-7H2,1H3. The molecule has 1 saturated heterocycles. The summed E-state index contributed by atoms with van der Waals surface area (Å²) >= 11 is 0. The van der Waals surface area contributed by atoms with Crippen LogP contribution in [-0.4, -0.2) is 31.4 Å². The smallest absolute Gasteiger partial charge is 0.320 e. The minimum atomic E-state index is -0.864. The van der Waals surface area contributed by atoms with E-state index in [0.29, 0.717) is 19.6 Å². The highest BCUT2D eigenvalue weighted by Crippen LogP contribution is 2.39. The average Bonchev–Trinajstić information content (AvgIpc) is 2.18. The van der Waals surface area contributed by atoms with Gasteiger partial charge in [-0.15, -0.1) is 0 Å². The lowest BCUT2D eigenvalue weighted by atomic mass is 9.66. The first-order valence-corrected chi connectivity index (χ1v) is 5.63. The first kappa shape index (κ1) is 10.6. The van der Waals surface area contributed by atoms with Crippen LogP contribution in [0.25, 0.3) is 0 Å². The molecule has 2 unspecified atom stereocenters. The minimum Gasteiger partial charge on any atom is -0.465 e. The Morgan fingerprint density at radius 1 is 1.67 bits per heavy atom. The predicted molar refractivity (Wildman–Crippen MR) is 54.3 cm³/mol. The van der Waals surface area contributed by atoms with Crippen molar-refractivity contribution in [2.75, 3.05) is 19.7 Å². The van der Waals surface area contributed by atoms with Crippen molar-refractivity contribution in [3.63, 3.8) is 0 Å². The van der Waals surface area contributed by atoms with Crippen molar-refractivity contribution in [1.82, 2.24) is 5.32 Å². The van der Waals surface area contributed by atoms with Gasteiger partial charge in [-0.05, 0) is 19.8 Å². The monoisotopic (exact) mass is 211 g/mol. The summed E-state index contributed by atoms with van der Waals surface area (Å²) in [6.45, 7) is 3.30. The molecule has 2 bridgehead atoms. The maximum Gasteiger partial charge on any atom is 0.320 e. The fourth-order valence-electron chi connectivity index (χ4n) is 2.67. The topological polar surface area (TPSA) is 55.4 Å². The summed E-state index contributed by atoms with van der Waals surface area (Å²) in [5, 5.41) is 3.18. The summed E-state index contributed by atoms with van der Waals surface area (Å²) in [5.41, 5.74) is -0.864. The van der Waals surface area contributed by atoms with Crippen LogP contribution in [0.3, 0.4) is 0 Å². The number of hydrogen-bond donors (Lipinski definition) is 1. The van der Waals surface area contributed by atoms with Crippen LogP contribution in [-0.2, 0) is 14.3 Å². The Hall–Kier alpha value is -0.900. The van der Waals surface area contributed by atoms with Crippen LogP contribution in [0.5, 0.6) is 0 Å². The molecule has 1 aliphatic heterocycles. The summed E-state index contributed by atoms with van der Waals surface area (Å²) in [5.74, 6) is -0.199. The highest BCUT2D eigenvalue weighted by molar-refractivity contribution is 6.06. The van der Waals surface area contributed by atoms with Crippen molar-refractivity contribution in [2.24, 2.45) is 11.3 Å². The van der Waals surface area contributed by atoms with Crippen LogP contribution in [0.15, 0.2) is 0 Å². The van der Waals surface area contributed by atoms with Crippen molar-refractivity contribution in [2.45, 2.75) is 26.2 Å². The van der Waals surface area contributed by atoms with Gasteiger partial charge in [-0.1, -0.05) is 6.42 Å². The predicted octanol–water partition coefficient (Wildman–Crippen LogP) is 0.508. The number of piperidine rings is 1. The van der Waals surface area contributed by atoms with E-state index in [1.807, 2.05) is 0 Å². The summed E-state index contributed by atoms with van der Waals surface area (Å²) in [7, 11) is 0. The minimum absolute atomic E-state index is 0.0249. The number of Topliss-reactive ketones (excluding diaryl/α,β-unsaturated/α-hetero) is 1. The highest BCUT2D eigenvalue weighted by Gasteiger charge is 2.53. The lowest BCUT2D eigenvalue weighted by Gasteiger charge is -2.41. The molecule has 4 nitrogen and oxygen atoms in total. The van der Waals surface area contributed by atoms with E-state index in [9.17, 15) is 9.59 Å². The maximum atomic E-state index is 12.1.